The van der Waals surface area contributed by atoms with Crippen LogP contribution in [0.2, 0.25) is 0 Å². The largest absolute Gasteiger partial charge is 0.493 e. The van der Waals surface area contributed by atoms with Gasteiger partial charge in [-0.3, -0.25) is 9.69 Å². The molecular formula is C25H30N4O4. The summed E-state index contributed by atoms with van der Waals surface area (Å²) in [4.78, 5) is 19.9. The van der Waals surface area contributed by atoms with Crippen molar-refractivity contribution in [2.75, 3.05) is 41.0 Å². The lowest BCUT2D eigenvalue weighted by molar-refractivity contribution is 0.0957. The summed E-state index contributed by atoms with van der Waals surface area (Å²) in [5.41, 5.74) is 4.04. The SMILES string of the molecule is C=CCNC(=O)c1ccc2nc(-c3cc(OC)c(OC)c(OC)c3)c(CN3CCCC3)n2c1. The summed E-state index contributed by atoms with van der Waals surface area (Å²) < 4.78 is 18.6. The summed E-state index contributed by atoms with van der Waals surface area (Å²) in [5.74, 6) is 1.53. The number of hydrogen-bond acceptors (Lipinski definition) is 6. The van der Waals surface area contributed by atoms with Gasteiger partial charge in [-0.2, -0.15) is 0 Å². The first-order valence-electron chi connectivity index (χ1n) is 11.0. The molecule has 1 amide bonds. The Morgan fingerprint density at radius 1 is 1.12 bits per heavy atom. The van der Waals surface area contributed by atoms with Gasteiger partial charge in [0.25, 0.3) is 5.91 Å². The minimum Gasteiger partial charge on any atom is -0.493 e. The topological polar surface area (TPSA) is 77.3 Å². The van der Waals surface area contributed by atoms with Gasteiger partial charge in [0.05, 0.1) is 38.3 Å². The molecule has 1 aliphatic heterocycles. The molecule has 1 fully saturated rings. The van der Waals surface area contributed by atoms with Gasteiger partial charge in [0.1, 0.15) is 5.65 Å². The van der Waals surface area contributed by atoms with E-state index in [0.29, 0.717) is 29.4 Å². The highest BCUT2D eigenvalue weighted by atomic mass is 16.5. The van der Waals surface area contributed by atoms with E-state index in [1.165, 1.54) is 12.8 Å². The molecule has 3 heterocycles. The molecule has 0 bridgehead atoms. The summed E-state index contributed by atoms with van der Waals surface area (Å²) >= 11 is 0. The Kier molecular flexibility index (Phi) is 6.84. The van der Waals surface area contributed by atoms with Crippen molar-refractivity contribution in [2.24, 2.45) is 0 Å². The van der Waals surface area contributed by atoms with Gasteiger partial charge in [0.2, 0.25) is 5.75 Å². The third-order valence-corrected chi connectivity index (χ3v) is 5.90. The van der Waals surface area contributed by atoms with E-state index >= 15 is 0 Å². The lowest BCUT2D eigenvalue weighted by Crippen LogP contribution is -2.24. The lowest BCUT2D eigenvalue weighted by Gasteiger charge is -2.17. The Morgan fingerprint density at radius 2 is 1.82 bits per heavy atom. The predicted octanol–water partition coefficient (Wildman–Crippen LogP) is 3.54. The molecule has 0 aliphatic carbocycles. The third kappa shape index (κ3) is 4.52. The number of rotatable bonds is 9. The van der Waals surface area contributed by atoms with E-state index in [1.54, 1.807) is 33.5 Å². The number of hydrogen-bond donors (Lipinski definition) is 1. The quantitative estimate of drug-likeness (QED) is 0.503. The molecule has 1 aromatic carbocycles. The van der Waals surface area contributed by atoms with Gasteiger partial charge in [-0.05, 0) is 50.2 Å². The van der Waals surface area contributed by atoms with Gasteiger partial charge in [-0.15, -0.1) is 6.58 Å². The molecule has 174 valence electrons. The number of aromatic nitrogens is 2. The highest BCUT2D eigenvalue weighted by molar-refractivity contribution is 5.94. The molecule has 0 radical (unpaired) electrons. The number of pyridine rings is 1. The van der Waals surface area contributed by atoms with Gasteiger partial charge < -0.3 is 23.9 Å². The van der Waals surface area contributed by atoms with E-state index in [9.17, 15) is 4.79 Å². The molecule has 0 saturated carbocycles. The van der Waals surface area contributed by atoms with Crippen LogP contribution in [0.25, 0.3) is 16.9 Å². The van der Waals surface area contributed by atoms with Crippen molar-refractivity contribution in [3.8, 4) is 28.5 Å². The fourth-order valence-corrected chi connectivity index (χ4v) is 4.25. The van der Waals surface area contributed by atoms with E-state index in [2.05, 4.69) is 16.8 Å². The molecule has 33 heavy (non-hydrogen) atoms. The second-order valence-electron chi connectivity index (χ2n) is 7.95. The number of likely N-dealkylation sites (tertiary alicyclic amines) is 1. The van der Waals surface area contributed by atoms with E-state index in [0.717, 1.165) is 42.2 Å². The maximum absolute atomic E-state index is 12.6. The molecule has 2 aromatic heterocycles. The van der Waals surface area contributed by atoms with Gasteiger partial charge in [-0.25, -0.2) is 4.98 Å². The summed E-state index contributed by atoms with van der Waals surface area (Å²) in [6.07, 6.45) is 5.89. The van der Waals surface area contributed by atoms with E-state index < -0.39 is 0 Å². The third-order valence-electron chi connectivity index (χ3n) is 5.90. The molecule has 1 N–H and O–H groups in total. The Hall–Kier alpha value is -3.52. The van der Waals surface area contributed by atoms with Crippen molar-refractivity contribution < 1.29 is 19.0 Å². The van der Waals surface area contributed by atoms with Crippen LogP contribution in [0.5, 0.6) is 17.2 Å². The van der Waals surface area contributed by atoms with Crippen LogP contribution in [-0.2, 0) is 6.54 Å². The Balaban J connectivity index is 1.86. The first-order chi connectivity index (χ1) is 16.1. The zero-order valence-electron chi connectivity index (χ0n) is 19.4. The Bertz CT molecular complexity index is 1140. The summed E-state index contributed by atoms with van der Waals surface area (Å²) in [6, 6.07) is 7.49. The number of carbonyl (C=O) groups excluding carboxylic acids is 1. The summed E-state index contributed by atoms with van der Waals surface area (Å²) in [5, 5.41) is 2.84. The number of fused-ring (bicyclic) bond motifs is 1. The fraction of sp³-hybridized carbons (Fsp3) is 0.360. The molecule has 0 spiro atoms. The average molecular weight is 451 g/mol. The Morgan fingerprint density at radius 3 is 2.42 bits per heavy atom. The number of nitrogens with zero attached hydrogens (tertiary/aromatic N) is 3. The molecule has 0 unspecified atom stereocenters. The molecule has 3 aromatic rings. The molecule has 1 aliphatic rings. The minimum atomic E-state index is -0.146. The zero-order valence-corrected chi connectivity index (χ0v) is 19.4. The van der Waals surface area contributed by atoms with Crippen LogP contribution in [0.3, 0.4) is 0 Å². The minimum absolute atomic E-state index is 0.146. The molecule has 0 atom stereocenters. The maximum atomic E-state index is 12.6. The van der Waals surface area contributed by atoms with Gasteiger partial charge in [-0.1, -0.05) is 6.08 Å². The van der Waals surface area contributed by atoms with Crippen LogP contribution in [0.4, 0.5) is 0 Å². The van der Waals surface area contributed by atoms with Crippen molar-refractivity contribution >= 4 is 11.6 Å². The standard InChI is InChI=1S/C25H30N4O4/c1-5-10-26-25(30)17-8-9-22-27-23(19(29(22)15-17)16-28-11-6-7-12-28)18-13-20(31-2)24(33-4)21(14-18)32-3/h5,8-9,13-15H,1,6-7,10-12,16H2,2-4H3,(H,26,30). The Labute approximate surface area is 193 Å². The normalized spacial score (nSPS) is 13.8. The first-order valence-corrected chi connectivity index (χ1v) is 11.0. The van der Waals surface area contributed by atoms with Crippen LogP contribution < -0.4 is 19.5 Å². The van der Waals surface area contributed by atoms with E-state index in [4.69, 9.17) is 19.2 Å². The van der Waals surface area contributed by atoms with Crippen LogP contribution >= 0.6 is 0 Å². The summed E-state index contributed by atoms with van der Waals surface area (Å²) in [7, 11) is 4.79. The van der Waals surface area contributed by atoms with Gasteiger partial charge >= 0.3 is 0 Å². The molecular weight excluding hydrogens is 420 g/mol. The van der Waals surface area contributed by atoms with E-state index in [1.807, 2.05) is 28.8 Å². The van der Waals surface area contributed by atoms with E-state index in [-0.39, 0.29) is 5.91 Å². The van der Waals surface area contributed by atoms with Gasteiger partial charge in [0.15, 0.2) is 11.5 Å². The molecule has 4 rings (SSSR count). The number of imidazole rings is 1. The average Bonchev–Trinajstić information content (AvgIpc) is 3.49. The van der Waals surface area contributed by atoms with Crippen LogP contribution in [0.1, 0.15) is 28.9 Å². The number of benzene rings is 1. The van der Waals surface area contributed by atoms with Crippen LogP contribution in [-0.4, -0.2) is 61.2 Å². The molecule has 8 heteroatoms. The molecule has 8 nitrogen and oxygen atoms in total. The van der Waals surface area contributed by atoms with Crippen molar-refractivity contribution in [1.82, 2.24) is 19.6 Å². The van der Waals surface area contributed by atoms with Gasteiger partial charge in [0, 0.05) is 24.8 Å². The summed E-state index contributed by atoms with van der Waals surface area (Å²) in [6.45, 7) is 6.89. The number of nitrogens with one attached hydrogen (secondary N) is 1. The van der Waals surface area contributed by atoms with Crippen molar-refractivity contribution in [2.45, 2.75) is 19.4 Å². The number of methoxy groups -OCH3 is 3. The first kappa shape index (κ1) is 22.7. The smallest absolute Gasteiger partial charge is 0.253 e. The number of carbonyl (C=O) groups is 1. The monoisotopic (exact) mass is 450 g/mol. The van der Waals surface area contributed by atoms with Crippen molar-refractivity contribution in [1.29, 1.82) is 0 Å². The number of amides is 1. The fourth-order valence-electron chi connectivity index (χ4n) is 4.25. The maximum Gasteiger partial charge on any atom is 0.253 e. The molecule has 1 saturated heterocycles. The van der Waals surface area contributed by atoms with Crippen molar-refractivity contribution in [3.63, 3.8) is 0 Å². The zero-order chi connectivity index (χ0) is 23.4. The lowest BCUT2D eigenvalue weighted by atomic mass is 10.1. The van der Waals surface area contributed by atoms with Crippen LogP contribution in [0, 0.1) is 0 Å². The number of ether oxygens (including phenoxy) is 3. The second kappa shape index (κ2) is 9.95. The van der Waals surface area contributed by atoms with Crippen molar-refractivity contribution in [3.05, 3.63) is 54.4 Å². The second-order valence-corrected chi connectivity index (χ2v) is 7.95. The highest BCUT2D eigenvalue weighted by Crippen LogP contribution is 2.42. The highest BCUT2D eigenvalue weighted by Gasteiger charge is 2.23. The van der Waals surface area contributed by atoms with Crippen LogP contribution in [0.15, 0.2) is 43.1 Å². The predicted molar refractivity (Wildman–Crippen MR) is 127 cm³/mol.